The van der Waals surface area contributed by atoms with Crippen LogP contribution in [0.5, 0.6) is 0 Å². The van der Waals surface area contributed by atoms with Crippen molar-refractivity contribution in [2.24, 2.45) is 0 Å². The smallest absolute Gasteiger partial charge is 0.319 e. The summed E-state index contributed by atoms with van der Waals surface area (Å²) in [6.45, 7) is 0. The lowest BCUT2D eigenvalue weighted by molar-refractivity contribution is -0.384. The molecule has 0 saturated heterocycles. The minimum Gasteiger partial charge on any atom is -0.319 e. The molecule has 0 aliphatic carbocycles. The average molecular weight is 430 g/mol. The van der Waals surface area contributed by atoms with Crippen molar-refractivity contribution in [3.8, 4) is 6.07 Å². The van der Waals surface area contributed by atoms with Crippen molar-refractivity contribution in [2.75, 3.05) is 5.32 Å². The zero-order chi connectivity index (χ0) is 21.1. The Hall–Kier alpha value is -3.09. The number of nitro benzene ring substituents is 1. The number of hydrogen-bond donors (Lipinski definition) is 1. The molecule has 2 rings (SSSR count). The largest absolute Gasteiger partial charge is 0.416 e. The Labute approximate surface area is 165 Å². The van der Waals surface area contributed by atoms with Crippen LogP contribution in [0.3, 0.4) is 0 Å². The molecule has 0 radical (unpaired) electrons. The molecule has 1 N–H and O–H groups in total. The second kappa shape index (κ2) is 8.29. The van der Waals surface area contributed by atoms with E-state index in [0.717, 1.165) is 36.4 Å². The number of nitriles is 1. The van der Waals surface area contributed by atoms with E-state index in [9.17, 15) is 28.1 Å². The van der Waals surface area contributed by atoms with Gasteiger partial charge < -0.3 is 5.32 Å². The molecule has 0 aromatic heterocycles. The molecule has 0 aliphatic rings. The van der Waals surface area contributed by atoms with Gasteiger partial charge in [-0.25, -0.2) is 0 Å². The summed E-state index contributed by atoms with van der Waals surface area (Å²) in [4.78, 5) is 22.3. The Bertz CT molecular complexity index is 1010. The summed E-state index contributed by atoms with van der Waals surface area (Å²) in [5.41, 5.74) is -2.08. The Kier molecular flexibility index (Phi) is 6.28. The summed E-state index contributed by atoms with van der Waals surface area (Å²) in [6, 6.07) is 7.51. The zero-order valence-electron chi connectivity index (χ0n) is 13.6. The first-order valence-electron chi connectivity index (χ1n) is 7.26. The number of nitro groups is 1. The van der Waals surface area contributed by atoms with Crippen molar-refractivity contribution >= 4 is 46.6 Å². The monoisotopic (exact) mass is 429 g/mol. The van der Waals surface area contributed by atoms with Crippen molar-refractivity contribution < 1.29 is 22.9 Å². The summed E-state index contributed by atoms with van der Waals surface area (Å²) in [5, 5.41) is 21.7. The van der Waals surface area contributed by atoms with Crippen LogP contribution in [-0.4, -0.2) is 10.8 Å². The normalized spacial score (nSPS) is 11.6. The molecular weight excluding hydrogens is 422 g/mol. The SMILES string of the molecule is N#C/C(=C\c1cccc(C(F)(F)F)c1)C(=O)Nc1c(Cl)cc([N+](=O)[O-])cc1Cl. The van der Waals surface area contributed by atoms with Crippen LogP contribution < -0.4 is 5.32 Å². The third-order valence-corrected chi connectivity index (χ3v) is 3.96. The summed E-state index contributed by atoms with van der Waals surface area (Å²) in [7, 11) is 0. The highest BCUT2D eigenvalue weighted by atomic mass is 35.5. The van der Waals surface area contributed by atoms with Crippen molar-refractivity contribution in [1.29, 1.82) is 5.26 Å². The molecule has 0 bridgehead atoms. The van der Waals surface area contributed by atoms with E-state index >= 15 is 0 Å². The van der Waals surface area contributed by atoms with Gasteiger partial charge in [0.15, 0.2) is 0 Å². The molecule has 0 fully saturated rings. The molecule has 11 heteroatoms. The Morgan fingerprint density at radius 2 is 1.82 bits per heavy atom. The third-order valence-electron chi connectivity index (χ3n) is 3.37. The number of rotatable bonds is 4. The van der Waals surface area contributed by atoms with E-state index in [0.29, 0.717) is 0 Å². The van der Waals surface area contributed by atoms with Crippen LogP contribution in [0, 0.1) is 21.4 Å². The highest BCUT2D eigenvalue weighted by Crippen LogP contribution is 2.35. The first-order valence-corrected chi connectivity index (χ1v) is 8.02. The standard InChI is InChI=1S/C17H8Cl2F3N3O3/c18-13-6-12(25(27)28)7-14(19)15(13)24-16(26)10(8-23)4-9-2-1-3-11(5-9)17(20,21)22/h1-7H,(H,24,26)/b10-4+. The maximum absolute atomic E-state index is 12.8. The maximum atomic E-state index is 12.8. The van der Waals surface area contributed by atoms with Gasteiger partial charge in [-0.3, -0.25) is 14.9 Å². The van der Waals surface area contributed by atoms with Crippen LogP contribution in [-0.2, 0) is 11.0 Å². The predicted molar refractivity (Wildman–Crippen MR) is 96.8 cm³/mol. The van der Waals surface area contributed by atoms with Gasteiger partial charge in [0, 0.05) is 12.1 Å². The Balaban J connectivity index is 2.34. The molecule has 2 aromatic carbocycles. The Morgan fingerprint density at radius 3 is 2.32 bits per heavy atom. The molecule has 0 atom stereocenters. The lowest BCUT2D eigenvalue weighted by atomic mass is 10.1. The van der Waals surface area contributed by atoms with Gasteiger partial charge in [-0.1, -0.05) is 35.3 Å². The molecular formula is C17H8Cl2F3N3O3. The van der Waals surface area contributed by atoms with Crippen molar-refractivity contribution in [3.05, 3.63) is 73.3 Å². The molecule has 144 valence electrons. The molecule has 0 heterocycles. The van der Waals surface area contributed by atoms with Crippen LogP contribution in [0.15, 0.2) is 42.0 Å². The predicted octanol–water partition coefficient (Wildman–Crippen LogP) is 5.47. The molecule has 0 spiro atoms. The van der Waals surface area contributed by atoms with Crippen molar-refractivity contribution in [1.82, 2.24) is 0 Å². The highest BCUT2D eigenvalue weighted by Gasteiger charge is 2.30. The van der Waals surface area contributed by atoms with E-state index in [-0.39, 0.29) is 21.3 Å². The quantitative estimate of drug-likeness (QED) is 0.301. The number of carbonyl (C=O) groups excluding carboxylic acids is 1. The number of hydrogen-bond acceptors (Lipinski definition) is 4. The van der Waals surface area contributed by atoms with Crippen LogP contribution in [0.2, 0.25) is 10.0 Å². The summed E-state index contributed by atoms with van der Waals surface area (Å²) < 4.78 is 38.3. The number of halogens is 5. The van der Waals surface area contributed by atoms with Crippen LogP contribution >= 0.6 is 23.2 Å². The second-order valence-electron chi connectivity index (χ2n) is 5.29. The number of nitrogens with one attached hydrogen (secondary N) is 1. The molecule has 0 unspecified atom stereocenters. The lowest BCUT2D eigenvalue weighted by Crippen LogP contribution is -2.14. The number of non-ortho nitro benzene ring substituents is 1. The van der Waals surface area contributed by atoms with Gasteiger partial charge in [0.05, 0.1) is 26.2 Å². The first-order chi connectivity index (χ1) is 13.0. The Morgan fingerprint density at radius 1 is 1.21 bits per heavy atom. The summed E-state index contributed by atoms with van der Waals surface area (Å²) in [6.07, 6.45) is -3.63. The van der Waals surface area contributed by atoms with Gasteiger partial charge in [-0.05, 0) is 23.8 Å². The summed E-state index contributed by atoms with van der Waals surface area (Å²) >= 11 is 11.7. The number of amides is 1. The van der Waals surface area contributed by atoms with Gasteiger partial charge in [0.25, 0.3) is 11.6 Å². The third kappa shape index (κ3) is 5.00. The maximum Gasteiger partial charge on any atom is 0.416 e. The van der Waals surface area contributed by atoms with Gasteiger partial charge in [0.1, 0.15) is 11.6 Å². The van der Waals surface area contributed by atoms with E-state index in [2.05, 4.69) is 5.32 Å². The molecule has 28 heavy (non-hydrogen) atoms. The molecule has 0 saturated carbocycles. The highest BCUT2D eigenvalue weighted by molar-refractivity contribution is 6.40. The minimum atomic E-state index is -4.58. The van der Waals surface area contributed by atoms with Gasteiger partial charge >= 0.3 is 6.18 Å². The van der Waals surface area contributed by atoms with Crippen molar-refractivity contribution in [3.63, 3.8) is 0 Å². The van der Waals surface area contributed by atoms with Crippen LogP contribution in [0.4, 0.5) is 24.5 Å². The van der Waals surface area contributed by atoms with Crippen LogP contribution in [0.25, 0.3) is 6.08 Å². The van der Waals surface area contributed by atoms with Crippen LogP contribution in [0.1, 0.15) is 11.1 Å². The fourth-order valence-corrected chi connectivity index (χ4v) is 2.66. The van der Waals surface area contributed by atoms with E-state index in [1.165, 1.54) is 6.07 Å². The number of benzene rings is 2. The molecule has 1 amide bonds. The topological polar surface area (TPSA) is 96.0 Å². The fraction of sp³-hybridized carbons (Fsp3) is 0.0588. The zero-order valence-corrected chi connectivity index (χ0v) is 15.1. The van der Waals surface area contributed by atoms with E-state index in [1.807, 2.05) is 0 Å². The van der Waals surface area contributed by atoms with E-state index in [4.69, 9.17) is 28.5 Å². The molecule has 6 nitrogen and oxygen atoms in total. The first kappa shape index (κ1) is 21.2. The fourth-order valence-electron chi connectivity index (χ4n) is 2.09. The van der Waals surface area contributed by atoms with Crippen molar-refractivity contribution in [2.45, 2.75) is 6.18 Å². The number of nitrogens with zero attached hydrogens (tertiary/aromatic N) is 2. The van der Waals surface area contributed by atoms with E-state index in [1.54, 1.807) is 6.07 Å². The second-order valence-corrected chi connectivity index (χ2v) is 6.10. The molecule has 2 aromatic rings. The lowest BCUT2D eigenvalue weighted by Gasteiger charge is -2.09. The van der Waals surface area contributed by atoms with Gasteiger partial charge in [0.2, 0.25) is 0 Å². The van der Waals surface area contributed by atoms with Gasteiger partial charge in [-0.15, -0.1) is 0 Å². The number of anilines is 1. The van der Waals surface area contributed by atoms with Gasteiger partial charge in [-0.2, -0.15) is 18.4 Å². The number of carbonyl (C=O) groups is 1. The average Bonchev–Trinajstić information content (AvgIpc) is 2.61. The summed E-state index contributed by atoms with van der Waals surface area (Å²) in [5.74, 6) is -1.00. The minimum absolute atomic E-state index is 0.0255. The van der Waals surface area contributed by atoms with E-state index < -0.39 is 33.8 Å². The molecule has 0 aliphatic heterocycles. The number of alkyl halides is 3.